The van der Waals surface area contributed by atoms with Crippen LogP contribution >= 0.6 is 24.4 Å². The van der Waals surface area contributed by atoms with Gasteiger partial charge in [-0.25, -0.2) is 0 Å². The third-order valence-corrected chi connectivity index (χ3v) is 4.46. The van der Waals surface area contributed by atoms with Crippen molar-refractivity contribution in [1.29, 1.82) is 0 Å². The fraction of sp³-hybridized carbons (Fsp3) is 0.385. The van der Waals surface area contributed by atoms with Crippen LogP contribution in [0.2, 0.25) is 0 Å². The number of thiol groups is 1. The van der Waals surface area contributed by atoms with E-state index >= 15 is 0 Å². The molecule has 1 saturated heterocycles. The van der Waals surface area contributed by atoms with Gasteiger partial charge in [0.1, 0.15) is 4.20 Å². The fourth-order valence-electron chi connectivity index (χ4n) is 1.75. The Labute approximate surface area is 113 Å². The Hall–Kier alpha value is -0.580. The zero-order valence-corrected chi connectivity index (χ0v) is 12.1. The van der Waals surface area contributed by atoms with Crippen molar-refractivity contribution in [3.8, 4) is 0 Å². The van der Waals surface area contributed by atoms with Gasteiger partial charge < -0.3 is 5.32 Å². The molecular formula is C13H18N2S2. The Kier molecular flexibility index (Phi) is 3.76. The molecule has 1 unspecified atom stereocenters. The molecule has 1 aliphatic heterocycles. The number of allylic oxidation sites excluding steroid dienone is 1. The Morgan fingerprint density at radius 3 is 2.76 bits per heavy atom. The molecule has 0 saturated carbocycles. The number of nitrogens with one attached hydrogen (secondary N) is 2. The van der Waals surface area contributed by atoms with Crippen molar-refractivity contribution in [2.45, 2.75) is 25.0 Å². The van der Waals surface area contributed by atoms with Crippen LogP contribution < -0.4 is 10.6 Å². The first-order valence-electron chi connectivity index (χ1n) is 5.67. The van der Waals surface area contributed by atoms with E-state index < -0.39 is 0 Å². The lowest BCUT2D eigenvalue weighted by atomic mass is 10.2. The Balaban J connectivity index is 2.15. The second kappa shape index (κ2) is 4.96. The van der Waals surface area contributed by atoms with Crippen molar-refractivity contribution in [3.05, 3.63) is 40.4 Å². The van der Waals surface area contributed by atoms with Crippen LogP contribution in [-0.4, -0.2) is 10.7 Å². The summed E-state index contributed by atoms with van der Waals surface area (Å²) in [6.45, 7) is 7.19. The molecule has 0 bridgehead atoms. The van der Waals surface area contributed by atoms with Crippen LogP contribution in [0.4, 0.5) is 5.69 Å². The van der Waals surface area contributed by atoms with Crippen molar-refractivity contribution in [3.63, 3.8) is 0 Å². The van der Waals surface area contributed by atoms with E-state index in [9.17, 15) is 0 Å². The molecule has 2 N–H and O–H groups in total. The lowest BCUT2D eigenvalue weighted by Crippen LogP contribution is -2.26. The summed E-state index contributed by atoms with van der Waals surface area (Å²) in [6, 6.07) is 8.32. The predicted octanol–water partition coefficient (Wildman–Crippen LogP) is 3.58. The second-order valence-electron chi connectivity index (χ2n) is 4.43. The Morgan fingerprint density at radius 1 is 1.47 bits per heavy atom. The number of hydrogen-bond donors (Lipinski definition) is 3. The van der Waals surface area contributed by atoms with E-state index in [0.717, 1.165) is 6.54 Å². The van der Waals surface area contributed by atoms with E-state index in [2.05, 4.69) is 68.3 Å². The Bertz CT molecular complexity index is 452. The van der Waals surface area contributed by atoms with Gasteiger partial charge in [0.2, 0.25) is 0 Å². The van der Waals surface area contributed by atoms with Gasteiger partial charge in [0, 0.05) is 22.8 Å². The highest BCUT2D eigenvalue weighted by Crippen LogP contribution is 2.39. The fourth-order valence-corrected chi connectivity index (χ4v) is 3.13. The van der Waals surface area contributed by atoms with Gasteiger partial charge >= 0.3 is 0 Å². The summed E-state index contributed by atoms with van der Waals surface area (Å²) < 4.78 is -0.149. The molecule has 1 fully saturated rings. The lowest BCUT2D eigenvalue weighted by molar-refractivity contribution is 0.732. The summed E-state index contributed by atoms with van der Waals surface area (Å²) in [4.78, 5) is 1.32. The molecule has 2 rings (SSSR count). The third-order valence-electron chi connectivity index (χ3n) is 2.78. The van der Waals surface area contributed by atoms with E-state index in [4.69, 9.17) is 0 Å². The first-order valence-corrected chi connectivity index (χ1v) is 6.93. The number of aryl methyl sites for hydroxylation is 1. The molecule has 4 heteroatoms. The van der Waals surface area contributed by atoms with Crippen LogP contribution in [-0.2, 0) is 0 Å². The van der Waals surface area contributed by atoms with Crippen LogP contribution in [0, 0.1) is 6.92 Å². The van der Waals surface area contributed by atoms with E-state index in [1.807, 2.05) is 0 Å². The summed E-state index contributed by atoms with van der Waals surface area (Å²) in [6.07, 6.45) is 0. The van der Waals surface area contributed by atoms with Crippen molar-refractivity contribution < 1.29 is 0 Å². The number of rotatable bonds is 2. The predicted molar refractivity (Wildman–Crippen MR) is 80.5 cm³/mol. The molecule has 1 atom stereocenters. The highest BCUT2D eigenvalue weighted by atomic mass is 32.2. The van der Waals surface area contributed by atoms with Crippen LogP contribution in [0.15, 0.2) is 34.9 Å². The second-order valence-corrected chi connectivity index (χ2v) is 7.14. The van der Waals surface area contributed by atoms with Crippen LogP contribution in [0.5, 0.6) is 0 Å². The number of anilines is 1. The zero-order valence-electron chi connectivity index (χ0n) is 10.4. The average Bonchev–Trinajstić information content (AvgIpc) is 2.62. The monoisotopic (exact) mass is 266 g/mol. The number of para-hydroxylation sites is 1. The van der Waals surface area contributed by atoms with Crippen molar-refractivity contribution in [1.82, 2.24) is 5.32 Å². The molecule has 17 heavy (non-hydrogen) atoms. The van der Waals surface area contributed by atoms with Gasteiger partial charge in [0.05, 0.1) is 0 Å². The van der Waals surface area contributed by atoms with E-state index in [0.29, 0.717) is 0 Å². The molecule has 0 spiro atoms. The largest absolute Gasteiger partial charge is 0.358 e. The van der Waals surface area contributed by atoms with E-state index in [1.54, 1.807) is 11.8 Å². The topological polar surface area (TPSA) is 24.1 Å². The van der Waals surface area contributed by atoms with Crippen LogP contribution in [0.25, 0.3) is 0 Å². The molecule has 2 nitrogen and oxygen atoms in total. The molecule has 1 aromatic carbocycles. The van der Waals surface area contributed by atoms with Crippen molar-refractivity contribution in [2.75, 3.05) is 11.9 Å². The number of hydrogen-bond acceptors (Lipinski definition) is 4. The van der Waals surface area contributed by atoms with Crippen molar-refractivity contribution in [2.24, 2.45) is 0 Å². The molecule has 92 valence electrons. The lowest BCUT2D eigenvalue weighted by Gasteiger charge is -2.14. The maximum atomic E-state index is 4.54. The quantitative estimate of drug-likeness (QED) is 0.713. The van der Waals surface area contributed by atoms with Crippen LogP contribution in [0.3, 0.4) is 0 Å². The molecule has 1 heterocycles. The molecule has 0 radical (unpaired) electrons. The SMILES string of the molecule is C/C(Nc1ccccc1C)=C1\CNC(C)(S)S1. The summed E-state index contributed by atoms with van der Waals surface area (Å²) in [5.41, 5.74) is 3.64. The molecule has 1 aliphatic rings. The summed E-state index contributed by atoms with van der Waals surface area (Å²) in [7, 11) is 0. The molecule has 0 aromatic heterocycles. The first kappa shape index (κ1) is 12.9. The van der Waals surface area contributed by atoms with Gasteiger partial charge in [-0.2, -0.15) is 0 Å². The normalized spacial score (nSPS) is 27.1. The van der Waals surface area contributed by atoms with Gasteiger partial charge in [-0.1, -0.05) is 30.0 Å². The summed E-state index contributed by atoms with van der Waals surface area (Å²) in [5.74, 6) is 0. The maximum Gasteiger partial charge on any atom is 0.110 e. The average molecular weight is 266 g/mol. The van der Waals surface area contributed by atoms with Crippen LogP contribution in [0.1, 0.15) is 19.4 Å². The van der Waals surface area contributed by atoms with Gasteiger partial charge in [0.25, 0.3) is 0 Å². The number of thioether (sulfide) groups is 1. The molecule has 0 amide bonds. The van der Waals surface area contributed by atoms with E-state index in [-0.39, 0.29) is 4.20 Å². The first-order chi connectivity index (χ1) is 7.98. The minimum atomic E-state index is -0.149. The van der Waals surface area contributed by atoms with E-state index in [1.165, 1.54) is 21.9 Å². The minimum absolute atomic E-state index is 0.149. The summed E-state index contributed by atoms with van der Waals surface area (Å²) >= 11 is 6.31. The minimum Gasteiger partial charge on any atom is -0.358 e. The molecule has 1 aromatic rings. The standard InChI is InChI=1S/C13H18N2S2/c1-9-6-4-5-7-11(9)15-10(2)12-8-14-13(3,16)17-12/h4-7,14-16H,8H2,1-3H3/b12-10-. The highest BCUT2D eigenvalue weighted by molar-refractivity contribution is 8.14. The highest BCUT2D eigenvalue weighted by Gasteiger charge is 2.29. The smallest absolute Gasteiger partial charge is 0.110 e. The maximum absolute atomic E-state index is 4.54. The summed E-state index contributed by atoms with van der Waals surface area (Å²) in [5, 5.41) is 6.83. The number of benzene rings is 1. The zero-order chi connectivity index (χ0) is 12.5. The molecular weight excluding hydrogens is 248 g/mol. The molecule has 0 aliphatic carbocycles. The Morgan fingerprint density at radius 2 is 2.18 bits per heavy atom. The third kappa shape index (κ3) is 3.21. The van der Waals surface area contributed by atoms with Crippen molar-refractivity contribution >= 4 is 30.1 Å². The van der Waals surface area contributed by atoms with Gasteiger partial charge in [-0.05, 0) is 32.4 Å². The van der Waals surface area contributed by atoms with Gasteiger partial charge in [-0.3, -0.25) is 5.32 Å². The van der Waals surface area contributed by atoms with Gasteiger partial charge in [0.15, 0.2) is 0 Å². The van der Waals surface area contributed by atoms with Gasteiger partial charge in [-0.15, -0.1) is 12.6 Å².